The Labute approximate surface area is 374 Å². The number of fused-ring (bicyclic) bond motifs is 3. The molecule has 0 radical (unpaired) electrons. The van der Waals surface area contributed by atoms with Crippen molar-refractivity contribution < 1.29 is 10.3 Å². The van der Waals surface area contributed by atoms with Gasteiger partial charge in [-0.3, -0.25) is 0 Å². The van der Waals surface area contributed by atoms with Gasteiger partial charge in [-0.05, 0) is 0 Å². The normalized spacial score (nSPS) is 14.1. The molecule has 0 saturated heterocycles. The van der Waals surface area contributed by atoms with Crippen LogP contribution < -0.4 is 0 Å². The molecule has 0 N–H and O–H groups in total. The zero-order chi connectivity index (χ0) is 44.2. The summed E-state index contributed by atoms with van der Waals surface area (Å²) in [4.78, 5) is 0. The van der Waals surface area contributed by atoms with Crippen LogP contribution in [0.1, 0.15) is 77.9 Å². The minimum atomic E-state index is -5.81. The Balaban J connectivity index is 1.77. The molecule has 0 fully saturated rings. The SMILES string of the molecule is Cc1cc(C)c(-n2ccn(-c3c(C)cc(C)cc3C)[c]2=[Ru]([Cl])([Cl])(=[C]2C=CC=C3C2=Cc2ccccc23)=[c]2n(-c3c(C)cc(C)cc3C)ccn2-c2c(C)cc(C)cc2C)c(C)c1. The summed E-state index contributed by atoms with van der Waals surface area (Å²) in [6.07, 6.45) is 17.7. The van der Waals surface area contributed by atoms with Gasteiger partial charge in [-0.2, -0.15) is 0 Å². The molecular weight excluding hydrogens is 889 g/mol. The maximum atomic E-state index is 9.48. The number of aryl methyl sites for hydroxylation is 12. The predicted molar refractivity (Wildman–Crippen MR) is 262 cm³/mol. The van der Waals surface area contributed by atoms with E-state index in [2.05, 4.69) is 223 Å². The van der Waals surface area contributed by atoms with E-state index in [1.165, 1.54) is 27.8 Å². The van der Waals surface area contributed by atoms with Crippen LogP contribution in [-0.2, 0) is 10.3 Å². The molecule has 0 amide bonds. The molecule has 7 aromatic rings. The number of hydrogen-bond acceptors (Lipinski definition) is 0. The summed E-state index contributed by atoms with van der Waals surface area (Å²) in [5.41, 5.74) is 22.9. The molecular formula is C55H56Cl2N4Ru. The second-order valence-corrected chi connectivity index (χ2v) is 30.9. The number of aromatic nitrogens is 4. The molecule has 9 rings (SSSR count). The first-order valence-corrected chi connectivity index (χ1v) is 28.4. The van der Waals surface area contributed by atoms with Gasteiger partial charge in [-0.25, -0.2) is 0 Å². The zero-order valence-corrected chi connectivity index (χ0v) is 41.2. The molecule has 62 heavy (non-hydrogen) atoms. The van der Waals surface area contributed by atoms with Crippen LogP contribution in [-0.4, -0.2) is 22.4 Å². The Morgan fingerprint density at radius 2 is 0.742 bits per heavy atom. The minimum absolute atomic E-state index is 0.853. The molecule has 2 aliphatic carbocycles. The third-order valence-electron chi connectivity index (χ3n) is 12.5. The number of halogens is 2. The number of imidazole rings is 2. The van der Waals surface area contributed by atoms with Crippen LogP contribution >= 0.6 is 19.4 Å². The van der Waals surface area contributed by atoms with E-state index in [4.69, 9.17) is 0 Å². The number of nitrogens with zero attached hydrogens (tertiary/aromatic N) is 4. The summed E-state index contributed by atoms with van der Waals surface area (Å²) in [6.45, 7) is 26.3. The summed E-state index contributed by atoms with van der Waals surface area (Å²) in [5, 5.41) is 0. The van der Waals surface area contributed by atoms with Gasteiger partial charge in [0.05, 0.1) is 0 Å². The molecule has 0 spiro atoms. The van der Waals surface area contributed by atoms with Crippen LogP contribution in [0.3, 0.4) is 0 Å². The molecule has 2 aliphatic rings. The fourth-order valence-electron chi connectivity index (χ4n) is 10.6. The van der Waals surface area contributed by atoms with Crippen LogP contribution in [0.15, 0.2) is 121 Å². The molecule has 0 unspecified atom stereocenters. The van der Waals surface area contributed by atoms with Crippen molar-refractivity contribution in [1.82, 2.24) is 18.3 Å². The topological polar surface area (TPSA) is 19.7 Å². The number of hydrogen-bond donors (Lipinski definition) is 0. The van der Waals surface area contributed by atoms with Crippen molar-refractivity contribution in [3.05, 3.63) is 207 Å². The Kier molecular flexibility index (Phi) is 10.2. The quantitative estimate of drug-likeness (QED) is 0.157. The van der Waals surface area contributed by atoms with Gasteiger partial charge in [0, 0.05) is 0 Å². The monoisotopic (exact) mass is 944 g/mol. The number of allylic oxidation sites excluding steroid dienone is 5. The number of rotatable bonds is 4. The van der Waals surface area contributed by atoms with Crippen molar-refractivity contribution in [2.45, 2.75) is 83.1 Å². The molecule has 0 aliphatic heterocycles. The van der Waals surface area contributed by atoms with Gasteiger partial charge in [0.15, 0.2) is 0 Å². The second-order valence-electron chi connectivity index (χ2n) is 17.7. The fourth-order valence-corrected chi connectivity index (χ4v) is 22.4. The molecule has 0 bridgehead atoms. The summed E-state index contributed by atoms with van der Waals surface area (Å²) >= 11 is 0. The fraction of sp³-hybridized carbons (Fsp3) is 0.218. The van der Waals surface area contributed by atoms with Gasteiger partial charge in [-0.1, -0.05) is 0 Å². The van der Waals surface area contributed by atoms with E-state index in [0.29, 0.717) is 0 Å². The van der Waals surface area contributed by atoms with Crippen molar-refractivity contribution in [2.75, 3.05) is 0 Å². The molecule has 2 aromatic heterocycles. The molecule has 318 valence electrons. The molecule has 0 saturated carbocycles. The Bertz CT molecular complexity index is 3140. The van der Waals surface area contributed by atoms with Crippen molar-refractivity contribution >= 4 is 35.1 Å². The standard InChI is InChI=1S/2C21H24N2.C13H8.2ClH.Ru/c2*1-14-9-16(3)20(17(4)10-14)22-7-8-23(13-22)21-18(5)11-15(2)12-19(21)6;1-3-7-12-10(5-1)9-11-6-2-4-8-13(11)12;;;/h2*7-12H,1-6H3;1-5,7-9H;2*1H;/q;;;;;+2/p-2. The van der Waals surface area contributed by atoms with Gasteiger partial charge in [-0.15, -0.1) is 0 Å². The molecule has 2 heterocycles. The Morgan fingerprint density at radius 1 is 0.419 bits per heavy atom. The van der Waals surface area contributed by atoms with Crippen LogP contribution in [0.4, 0.5) is 0 Å². The Morgan fingerprint density at radius 3 is 1.08 bits per heavy atom. The van der Waals surface area contributed by atoms with Gasteiger partial charge >= 0.3 is 377 Å². The molecule has 7 heteroatoms. The average molecular weight is 945 g/mol. The van der Waals surface area contributed by atoms with E-state index in [1.54, 1.807) is 0 Å². The second kappa shape index (κ2) is 15.0. The first-order chi connectivity index (χ1) is 29.4. The summed E-state index contributed by atoms with van der Waals surface area (Å²) in [6, 6.07) is 26.8. The maximum absolute atomic E-state index is 9.48. The average Bonchev–Trinajstić information content (AvgIpc) is 3.90. The van der Waals surface area contributed by atoms with Crippen LogP contribution in [0.25, 0.3) is 34.4 Å². The van der Waals surface area contributed by atoms with Crippen molar-refractivity contribution in [3.63, 3.8) is 0 Å². The van der Waals surface area contributed by atoms with Gasteiger partial charge in [0.25, 0.3) is 0 Å². The van der Waals surface area contributed by atoms with E-state index >= 15 is 0 Å². The zero-order valence-electron chi connectivity index (χ0n) is 37.9. The third-order valence-corrected chi connectivity index (χ3v) is 23.8. The third kappa shape index (κ3) is 6.37. The first-order valence-electron chi connectivity index (χ1n) is 21.3. The van der Waals surface area contributed by atoms with Gasteiger partial charge < -0.3 is 0 Å². The van der Waals surface area contributed by atoms with Gasteiger partial charge in [0.1, 0.15) is 0 Å². The van der Waals surface area contributed by atoms with Crippen molar-refractivity contribution in [1.29, 1.82) is 0 Å². The van der Waals surface area contributed by atoms with E-state index in [1.807, 2.05) is 0 Å². The molecule has 0 atom stereocenters. The predicted octanol–water partition coefficient (Wildman–Crippen LogP) is 14.5. The van der Waals surface area contributed by atoms with Crippen molar-refractivity contribution in [3.8, 4) is 22.7 Å². The van der Waals surface area contributed by atoms with Crippen LogP contribution in [0, 0.1) is 91.1 Å². The summed E-state index contributed by atoms with van der Waals surface area (Å²) < 4.78 is 12.0. The summed E-state index contributed by atoms with van der Waals surface area (Å²) in [7, 11) is 13.2. The van der Waals surface area contributed by atoms with E-state index in [9.17, 15) is 19.4 Å². The summed E-state index contributed by atoms with van der Waals surface area (Å²) in [5.74, 6) is 0. The molecule has 4 nitrogen and oxygen atoms in total. The Hall–Kier alpha value is -5.19. The van der Waals surface area contributed by atoms with E-state index in [0.717, 1.165) is 96.1 Å². The first kappa shape index (κ1) is 42.1. The van der Waals surface area contributed by atoms with Crippen LogP contribution in [0.2, 0.25) is 0 Å². The van der Waals surface area contributed by atoms with Crippen molar-refractivity contribution in [2.24, 2.45) is 0 Å². The molecule has 5 aromatic carbocycles. The number of benzene rings is 5. The van der Waals surface area contributed by atoms with Gasteiger partial charge in [0.2, 0.25) is 0 Å². The van der Waals surface area contributed by atoms with E-state index in [-0.39, 0.29) is 0 Å². The van der Waals surface area contributed by atoms with E-state index < -0.39 is 10.3 Å². The van der Waals surface area contributed by atoms with Crippen LogP contribution in [0.5, 0.6) is 0 Å².